The number of hydrogen-bond donors (Lipinski definition) is 2. The number of unbranched alkanes of at least 4 members (excludes halogenated alkanes) is 12. The summed E-state index contributed by atoms with van der Waals surface area (Å²) in [5.74, 6) is -0.106. The lowest BCUT2D eigenvalue weighted by molar-refractivity contribution is -0.145. The molecule has 0 amide bonds. The highest BCUT2D eigenvalue weighted by Crippen LogP contribution is 2.22. The van der Waals surface area contributed by atoms with Crippen LogP contribution >= 0.6 is 0 Å². The summed E-state index contributed by atoms with van der Waals surface area (Å²) < 4.78 is 11.3. The topological polar surface area (TPSA) is 142 Å². The lowest BCUT2D eigenvalue weighted by Gasteiger charge is -2.14. The molecule has 0 aliphatic carbocycles. The van der Waals surface area contributed by atoms with E-state index in [9.17, 15) is 14.7 Å². The van der Waals surface area contributed by atoms with E-state index >= 15 is 0 Å². The first-order chi connectivity index (χ1) is 22.0. The fraction of sp³-hybridized carbons (Fsp3) is 0.583. The number of benzene rings is 2. The molecular formula is C36H51N3O6. The highest BCUT2D eigenvalue weighted by atomic mass is 16.5. The minimum absolute atomic E-state index is 0.0121. The average molecular weight is 622 g/mol. The van der Waals surface area contributed by atoms with Gasteiger partial charge in [-0.1, -0.05) is 70.6 Å². The zero-order valence-electron chi connectivity index (χ0n) is 26.7. The van der Waals surface area contributed by atoms with Crippen molar-refractivity contribution in [1.82, 2.24) is 0 Å². The lowest BCUT2D eigenvalue weighted by atomic mass is 10.0. The third-order valence-electron chi connectivity index (χ3n) is 7.65. The predicted octanol–water partition coefficient (Wildman–Crippen LogP) is 9.22. The predicted molar refractivity (Wildman–Crippen MR) is 175 cm³/mol. The van der Waals surface area contributed by atoms with Gasteiger partial charge in [-0.3, -0.25) is 9.59 Å². The monoisotopic (exact) mass is 621 g/mol. The van der Waals surface area contributed by atoms with Gasteiger partial charge in [0, 0.05) is 25.4 Å². The van der Waals surface area contributed by atoms with Gasteiger partial charge in [-0.15, -0.1) is 0 Å². The maximum Gasteiger partial charge on any atom is 0.305 e. The van der Waals surface area contributed by atoms with E-state index < -0.39 is 5.97 Å². The Morgan fingerprint density at radius 3 is 1.78 bits per heavy atom. The van der Waals surface area contributed by atoms with Crippen molar-refractivity contribution in [3.05, 3.63) is 54.1 Å². The quantitative estimate of drug-likeness (QED) is 0.0605. The second-order valence-corrected chi connectivity index (χ2v) is 11.6. The number of carbonyl (C=O) groups excluding carboxylic acids is 1. The van der Waals surface area contributed by atoms with Crippen LogP contribution in [0.25, 0.3) is 0 Å². The number of aliphatic carboxylic acids is 1. The van der Waals surface area contributed by atoms with E-state index in [4.69, 9.17) is 19.8 Å². The normalized spacial score (nSPS) is 11.7. The van der Waals surface area contributed by atoms with Gasteiger partial charge in [-0.25, -0.2) is 0 Å². The molecule has 0 aliphatic rings. The van der Waals surface area contributed by atoms with Crippen LogP contribution in [0.1, 0.15) is 115 Å². The van der Waals surface area contributed by atoms with Crippen molar-refractivity contribution in [2.75, 3.05) is 19.8 Å². The van der Waals surface area contributed by atoms with Gasteiger partial charge in [0.15, 0.2) is 0 Å². The van der Waals surface area contributed by atoms with E-state index in [1.807, 2.05) is 24.3 Å². The van der Waals surface area contributed by atoms with E-state index in [2.05, 4.69) is 16.3 Å². The minimum atomic E-state index is -0.707. The number of carboxylic acids is 1. The minimum Gasteiger partial charge on any atom is -0.494 e. The van der Waals surface area contributed by atoms with Gasteiger partial charge in [-0.2, -0.15) is 15.5 Å². The number of nitriles is 1. The Balaban J connectivity index is 1.42. The van der Waals surface area contributed by atoms with Gasteiger partial charge in [0.05, 0.1) is 36.2 Å². The molecule has 9 heteroatoms. The Bertz CT molecular complexity index is 1140. The number of nitrogens with zero attached hydrogens (tertiary/aromatic N) is 3. The van der Waals surface area contributed by atoms with Gasteiger partial charge >= 0.3 is 11.9 Å². The Morgan fingerprint density at radius 2 is 1.22 bits per heavy atom. The average Bonchev–Trinajstić information content (AvgIpc) is 3.05. The Morgan fingerprint density at radius 1 is 0.711 bits per heavy atom. The van der Waals surface area contributed by atoms with Crippen LogP contribution in [-0.4, -0.2) is 42.0 Å². The van der Waals surface area contributed by atoms with Gasteiger partial charge in [0.1, 0.15) is 5.75 Å². The number of ether oxygens (including phenoxy) is 2. The number of esters is 1. The van der Waals surface area contributed by atoms with Crippen molar-refractivity contribution in [2.24, 2.45) is 16.1 Å². The molecule has 0 aliphatic heterocycles. The van der Waals surface area contributed by atoms with Crippen molar-refractivity contribution in [3.63, 3.8) is 0 Å². The zero-order valence-corrected chi connectivity index (χ0v) is 26.7. The summed E-state index contributed by atoms with van der Waals surface area (Å²) in [6.45, 7) is 0.941. The first kappa shape index (κ1) is 37.4. The third kappa shape index (κ3) is 19.3. The summed E-state index contributed by atoms with van der Waals surface area (Å²) in [6.07, 6.45) is 16.1. The summed E-state index contributed by atoms with van der Waals surface area (Å²) in [7, 11) is 0. The Kier molecular flexibility index (Phi) is 20.4. The Hall–Kier alpha value is -3.77. The van der Waals surface area contributed by atoms with Crippen molar-refractivity contribution in [2.45, 2.75) is 109 Å². The van der Waals surface area contributed by atoms with Crippen LogP contribution in [0.4, 0.5) is 11.4 Å². The zero-order chi connectivity index (χ0) is 32.4. The summed E-state index contributed by atoms with van der Waals surface area (Å²) in [4.78, 5) is 22.6. The molecule has 2 aromatic rings. The smallest absolute Gasteiger partial charge is 0.305 e. The molecule has 246 valence electrons. The van der Waals surface area contributed by atoms with Crippen molar-refractivity contribution >= 4 is 23.3 Å². The summed E-state index contributed by atoms with van der Waals surface area (Å²) in [5.41, 5.74) is 1.99. The first-order valence-corrected chi connectivity index (χ1v) is 16.6. The van der Waals surface area contributed by atoms with Crippen LogP contribution in [0.15, 0.2) is 58.8 Å². The molecule has 1 atom stereocenters. The Labute approximate surface area is 268 Å². The SMILES string of the molecule is N#Cc1ccc(N=Nc2ccc(OCCCCCCC(CO)COC(=O)CCCCCCCCCCCCC(=O)O)cc2)cc1. The van der Waals surface area contributed by atoms with E-state index in [0.717, 1.165) is 82.1 Å². The fourth-order valence-electron chi connectivity index (χ4n) is 4.88. The molecule has 0 fully saturated rings. The highest BCUT2D eigenvalue weighted by Gasteiger charge is 2.11. The summed E-state index contributed by atoms with van der Waals surface area (Å²) >= 11 is 0. The van der Waals surface area contributed by atoms with Crippen molar-refractivity contribution in [1.29, 1.82) is 5.26 Å². The van der Waals surface area contributed by atoms with Crippen LogP contribution in [0.3, 0.4) is 0 Å². The van der Waals surface area contributed by atoms with Crippen LogP contribution in [0, 0.1) is 17.2 Å². The van der Waals surface area contributed by atoms with Crippen LogP contribution < -0.4 is 4.74 Å². The largest absolute Gasteiger partial charge is 0.494 e. The summed E-state index contributed by atoms with van der Waals surface area (Å²) in [6, 6.07) is 16.5. The number of aliphatic hydroxyl groups excluding tert-OH is 1. The lowest BCUT2D eigenvalue weighted by Crippen LogP contribution is -2.17. The molecule has 0 bridgehead atoms. The highest BCUT2D eigenvalue weighted by molar-refractivity contribution is 5.69. The van der Waals surface area contributed by atoms with Gasteiger partial charge in [-0.05, 0) is 74.2 Å². The van der Waals surface area contributed by atoms with E-state index in [0.29, 0.717) is 24.3 Å². The number of azo groups is 1. The third-order valence-corrected chi connectivity index (χ3v) is 7.65. The molecule has 2 aromatic carbocycles. The molecule has 0 radical (unpaired) electrons. The number of carbonyl (C=O) groups is 2. The maximum absolute atomic E-state index is 12.1. The molecule has 0 saturated heterocycles. The van der Waals surface area contributed by atoms with Crippen molar-refractivity contribution < 1.29 is 29.3 Å². The van der Waals surface area contributed by atoms with E-state index in [1.165, 1.54) is 25.7 Å². The van der Waals surface area contributed by atoms with E-state index in [-0.39, 0.29) is 31.5 Å². The van der Waals surface area contributed by atoms with Crippen LogP contribution in [0.5, 0.6) is 5.75 Å². The van der Waals surface area contributed by atoms with Gasteiger partial charge < -0.3 is 19.7 Å². The van der Waals surface area contributed by atoms with E-state index in [1.54, 1.807) is 24.3 Å². The van der Waals surface area contributed by atoms with Crippen LogP contribution in [-0.2, 0) is 14.3 Å². The summed E-state index contributed by atoms with van der Waals surface area (Å²) in [5, 5.41) is 35.6. The molecule has 9 nitrogen and oxygen atoms in total. The molecule has 2 N–H and O–H groups in total. The maximum atomic E-state index is 12.1. The van der Waals surface area contributed by atoms with Gasteiger partial charge in [0.25, 0.3) is 0 Å². The molecular weight excluding hydrogens is 570 g/mol. The second-order valence-electron chi connectivity index (χ2n) is 11.6. The number of rotatable bonds is 26. The number of hydrogen-bond acceptors (Lipinski definition) is 8. The molecule has 0 spiro atoms. The fourth-order valence-corrected chi connectivity index (χ4v) is 4.88. The molecule has 1 unspecified atom stereocenters. The standard InChI is InChI=1S/C36H51N3O6/c37-27-30-18-20-32(21-19-30)38-39-33-22-24-34(25-23-33)44-26-14-10-9-11-15-31(28-40)29-45-36(43)17-13-8-6-4-2-1-3-5-7-12-16-35(41)42/h18-25,31,40H,1-17,26,28-29H2,(H,41,42). The van der Waals surface area contributed by atoms with Crippen LogP contribution in [0.2, 0.25) is 0 Å². The molecule has 0 saturated carbocycles. The molecule has 0 heterocycles. The molecule has 2 rings (SSSR count). The molecule has 45 heavy (non-hydrogen) atoms. The van der Waals surface area contributed by atoms with Gasteiger partial charge in [0.2, 0.25) is 0 Å². The molecule has 0 aromatic heterocycles. The second kappa shape index (κ2) is 24.5. The number of carboxylic acid groups (broad SMARTS) is 1. The van der Waals surface area contributed by atoms with Crippen molar-refractivity contribution in [3.8, 4) is 11.8 Å². The number of aliphatic hydroxyl groups is 1. The first-order valence-electron chi connectivity index (χ1n) is 16.6.